The second-order valence-electron chi connectivity index (χ2n) is 4.42. The number of fused-ring (bicyclic) bond motifs is 1. The molecule has 2 atom stereocenters. The largest absolute Gasteiger partial charge is 0.293 e. The highest BCUT2D eigenvalue weighted by molar-refractivity contribution is 8.30. The van der Waals surface area contributed by atoms with Crippen LogP contribution in [0.4, 0.5) is 0 Å². The van der Waals surface area contributed by atoms with Gasteiger partial charge >= 0.3 is 0 Å². The molecule has 0 radical (unpaired) electrons. The molecular formula is C10H11NO3S5. The molecule has 0 aromatic rings. The van der Waals surface area contributed by atoms with Crippen molar-refractivity contribution in [1.29, 1.82) is 0 Å². The van der Waals surface area contributed by atoms with Gasteiger partial charge in [-0.3, -0.25) is 9.69 Å². The third-order valence-electron chi connectivity index (χ3n) is 3.12. The van der Waals surface area contributed by atoms with Crippen molar-refractivity contribution in [2.75, 3.05) is 18.1 Å². The molecule has 104 valence electrons. The molecule has 0 bridgehead atoms. The van der Waals surface area contributed by atoms with E-state index in [1.54, 1.807) is 4.90 Å². The van der Waals surface area contributed by atoms with Gasteiger partial charge in [-0.05, 0) is 6.92 Å². The summed E-state index contributed by atoms with van der Waals surface area (Å²) >= 11 is 9.59. The van der Waals surface area contributed by atoms with Gasteiger partial charge in [0.2, 0.25) is 0 Å². The Balaban J connectivity index is 1.85. The summed E-state index contributed by atoms with van der Waals surface area (Å²) in [7, 11) is -2.88. The number of amides is 1. The Morgan fingerprint density at radius 1 is 1.32 bits per heavy atom. The van der Waals surface area contributed by atoms with Crippen molar-refractivity contribution < 1.29 is 13.2 Å². The molecule has 0 N–H and O–H groups in total. The molecule has 0 aromatic heterocycles. The minimum atomic E-state index is -2.88. The third-order valence-corrected chi connectivity index (χ3v) is 10.2. The van der Waals surface area contributed by atoms with E-state index in [1.807, 2.05) is 6.92 Å². The van der Waals surface area contributed by atoms with E-state index >= 15 is 0 Å². The molecule has 3 heterocycles. The van der Waals surface area contributed by atoms with Gasteiger partial charge in [0.25, 0.3) is 5.91 Å². The lowest BCUT2D eigenvalue weighted by atomic mass is 10.4. The average molecular weight is 354 g/mol. The van der Waals surface area contributed by atoms with Crippen molar-refractivity contribution in [2.24, 2.45) is 0 Å². The van der Waals surface area contributed by atoms with Gasteiger partial charge in [0, 0.05) is 17.0 Å². The molecule has 3 rings (SSSR count). The number of carbonyl (C=O) groups is 1. The normalized spacial score (nSPS) is 37.2. The number of likely N-dealkylation sites (N-methyl/N-ethyl adjacent to an activating group) is 1. The minimum absolute atomic E-state index is 0.0321. The number of sulfone groups is 1. The van der Waals surface area contributed by atoms with Gasteiger partial charge in [0.05, 0.1) is 20.6 Å². The molecular weight excluding hydrogens is 342 g/mol. The van der Waals surface area contributed by atoms with Crippen LogP contribution >= 0.6 is 47.5 Å². The van der Waals surface area contributed by atoms with Crippen molar-refractivity contribution >= 4 is 67.6 Å². The SMILES string of the molecule is CCN1C(=O)C(=C2S[C@H]3CS(=O)(=O)C[C@H]3S2)SC1=S. The van der Waals surface area contributed by atoms with Gasteiger partial charge in [-0.2, -0.15) is 0 Å². The summed E-state index contributed by atoms with van der Waals surface area (Å²) in [6.45, 7) is 2.48. The summed E-state index contributed by atoms with van der Waals surface area (Å²) < 4.78 is 24.6. The van der Waals surface area contributed by atoms with Crippen molar-refractivity contribution in [2.45, 2.75) is 17.4 Å². The fourth-order valence-corrected chi connectivity index (χ4v) is 10.4. The van der Waals surface area contributed by atoms with Crippen molar-refractivity contribution in [3.8, 4) is 0 Å². The van der Waals surface area contributed by atoms with E-state index in [2.05, 4.69) is 0 Å². The zero-order valence-electron chi connectivity index (χ0n) is 9.99. The number of rotatable bonds is 1. The second-order valence-corrected chi connectivity index (χ2v) is 11.0. The Morgan fingerprint density at radius 3 is 2.37 bits per heavy atom. The average Bonchev–Trinajstić information content (AvgIpc) is 2.87. The first-order valence-corrected chi connectivity index (χ1v) is 10.5. The lowest BCUT2D eigenvalue weighted by molar-refractivity contribution is -0.122. The van der Waals surface area contributed by atoms with Crippen molar-refractivity contribution in [1.82, 2.24) is 4.90 Å². The van der Waals surface area contributed by atoms with E-state index in [0.29, 0.717) is 15.8 Å². The molecule has 0 saturated carbocycles. The molecule has 0 unspecified atom stereocenters. The third kappa shape index (κ3) is 2.48. The van der Waals surface area contributed by atoms with Gasteiger partial charge < -0.3 is 0 Å². The zero-order chi connectivity index (χ0) is 13.8. The highest BCUT2D eigenvalue weighted by Crippen LogP contribution is 2.54. The van der Waals surface area contributed by atoms with Crippen LogP contribution in [0.15, 0.2) is 9.14 Å². The maximum Gasteiger partial charge on any atom is 0.267 e. The molecule has 3 aliphatic heterocycles. The predicted octanol–water partition coefficient (Wildman–Crippen LogP) is 1.68. The first-order chi connectivity index (χ1) is 8.91. The summed E-state index contributed by atoms with van der Waals surface area (Å²) in [5.74, 6) is 0.426. The van der Waals surface area contributed by atoms with Crippen LogP contribution in [0.3, 0.4) is 0 Å². The second kappa shape index (κ2) is 4.94. The zero-order valence-corrected chi connectivity index (χ0v) is 14.1. The predicted molar refractivity (Wildman–Crippen MR) is 86.0 cm³/mol. The number of thioether (sulfide) groups is 3. The van der Waals surface area contributed by atoms with Gasteiger partial charge in [-0.25, -0.2) is 8.42 Å². The lowest BCUT2D eigenvalue weighted by Gasteiger charge is -2.10. The maximum absolute atomic E-state index is 12.2. The highest BCUT2D eigenvalue weighted by Gasteiger charge is 2.46. The summed E-state index contributed by atoms with van der Waals surface area (Å²) in [5.41, 5.74) is 0. The van der Waals surface area contributed by atoms with Crippen molar-refractivity contribution in [3.63, 3.8) is 0 Å². The Hall–Kier alpha value is 0.300. The maximum atomic E-state index is 12.2. The number of hydrogen-bond donors (Lipinski definition) is 0. The first-order valence-electron chi connectivity index (χ1n) is 5.73. The molecule has 0 aromatic carbocycles. The standard InChI is InChI=1S/C10H11NO3S5/c1-2-11-8(12)7(18-10(11)15)9-16-5-3-19(13,14)4-6(5)17-9/h5-6H,2-4H2,1H3/t5-,6+. The summed E-state index contributed by atoms with van der Waals surface area (Å²) in [6.07, 6.45) is 0. The van der Waals surface area contributed by atoms with Crippen LogP contribution in [-0.2, 0) is 14.6 Å². The van der Waals surface area contributed by atoms with Crippen LogP contribution in [0, 0.1) is 0 Å². The molecule has 4 nitrogen and oxygen atoms in total. The van der Waals surface area contributed by atoms with E-state index in [0.717, 1.165) is 4.24 Å². The molecule has 3 fully saturated rings. The first kappa shape index (κ1) is 14.2. The molecule has 3 saturated heterocycles. The van der Waals surface area contributed by atoms with Crippen LogP contribution in [0.5, 0.6) is 0 Å². The van der Waals surface area contributed by atoms with E-state index < -0.39 is 9.84 Å². The molecule has 0 spiro atoms. The lowest BCUT2D eigenvalue weighted by Crippen LogP contribution is -2.27. The topological polar surface area (TPSA) is 54.5 Å². The molecule has 19 heavy (non-hydrogen) atoms. The van der Waals surface area contributed by atoms with Gasteiger partial charge in [-0.15, -0.1) is 23.5 Å². The van der Waals surface area contributed by atoms with E-state index in [-0.39, 0.29) is 27.9 Å². The summed E-state index contributed by atoms with van der Waals surface area (Å²) in [4.78, 5) is 14.5. The molecule has 3 aliphatic rings. The number of nitrogens with zero attached hydrogens (tertiary/aromatic N) is 1. The quantitative estimate of drug-likeness (QED) is 0.525. The van der Waals surface area contributed by atoms with Crippen LogP contribution in [0.2, 0.25) is 0 Å². The Labute approximate surface area is 130 Å². The number of hydrogen-bond acceptors (Lipinski definition) is 7. The highest BCUT2D eigenvalue weighted by atomic mass is 32.2. The molecule has 9 heteroatoms. The monoisotopic (exact) mass is 353 g/mol. The minimum Gasteiger partial charge on any atom is -0.293 e. The van der Waals surface area contributed by atoms with E-state index in [9.17, 15) is 13.2 Å². The van der Waals surface area contributed by atoms with E-state index in [4.69, 9.17) is 12.2 Å². The van der Waals surface area contributed by atoms with Gasteiger partial charge in [0.15, 0.2) is 9.84 Å². The Bertz CT molecular complexity index is 574. The van der Waals surface area contributed by atoms with Crippen LogP contribution in [0.25, 0.3) is 0 Å². The van der Waals surface area contributed by atoms with Gasteiger partial charge in [0.1, 0.15) is 4.32 Å². The fourth-order valence-electron chi connectivity index (χ4n) is 2.21. The smallest absolute Gasteiger partial charge is 0.267 e. The van der Waals surface area contributed by atoms with Crippen LogP contribution in [-0.4, -0.2) is 52.1 Å². The fraction of sp³-hybridized carbons (Fsp3) is 0.600. The summed E-state index contributed by atoms with van der Waals surface area (Å²) in [5, 5.41) is 0.185. The Kier molecular flexibility index (Phi) is 3.70. The van der Waals surface area contributed by atoms with Crippen molar-refractivity contribution in [3.05, 3.63) is 9.14 Å². The summed E-state index contributed by atoms with van der Waals surface area (Å²) in [6, 6.07) is 0. The number of carbonyl (C=O) groups excluding carboxylic acids is 1. The van der Waals surface area contributed by atoms with Crippen LogP contribution < -0.4 is 0 Å². The Morgan fingerprint density at radius 2 is 1.89 bits per heavy atom. The van der Waals surface area contributed by atoms with Crippen LogP contribution in [0.1, 0.15) is 6.92 Å². The van der Waals surface area contributed by atoms with E-state index in [1.165, 1.54) is 35.3 Å². The van der Waals surface area contributed by atoms with Gasteiger partial charge in [-0.1, -0.05) is 24.0 Å². The molecule has 0 aliphatic carbocycles. The molecule has 1 amide bonds. The number of thiocarbonyl (C=S) groups is 1.